The first-order chi connectivity index (χ1) is 11.4. The van der Waals surface area contributed by atoms with Gasteiger partial charge in [-0.25, -0.2) is 0 Å². The minimum Gasteiger partial charge on any atom is -0.380 e. The summed E-state index contributed by atoms with van der Waals surface area (Å²) in [6.07, 6.45) is -1.30. The van der Waals surface area contributed by atoms with Crippen LogP contribution in [0.4, 0.5) is 11.4 Å². The van der Waals surface area contributed by atoms with E-state index >= 15 is 0 Å². The second-order valence-corrected chi connectivity index (χ2v) is 5.33. The van der Waals surface area contributed by atoms with Gasteiger partial charge in [0.1, 0.15) is 6.10 Å². The van der Waals surface area contributed by atoms with Gasteiger partial charge in [0.25, 0.3) is 0 Å². The average molecular weight is 326 g/mol. The van der Waals surface area contributed by atoms with E-state index in [1.807, 2.05) is 0 Å². The quantitative estimate of drug-likeness (QED) is 0.736. The van der Waals surface area contributed by atoms with Crippen molar-refractivity contribution < 1.29 is 19.5 Å². The van der Waals surface area contributed by atoms with Crippen LogP contribution >= 0.6 is 0 Å². The molecule has 0 heterocycles. The Balaban J connectivity index is 2.11. The van der Waals surface area contributed by atoms with Crippen molar-refractivity contribution in [1.82, 2.24) is 0 Å². The van der Waals surface area contributed by atoms with Gasteiger partial charge in [0.05, 0.1) is 0 Å². The van der Waals surface area contributed by atoms with Gasteiger partial charge in [-0.1, -0.05) is 12.1 Å². The largest absolute Gasteiger partial charge is 0.380 e. The number of carbonyl (C=O) groups excluding carboxylic acids is 3. The van der Waals surface area contributed by atoms with Crippen molar-refractivity contribution >= 4 is 29.0 Å². The second-order valence-electron chi connectivity index (χ2n) is 5.33. The lowest BCUT2D eigenvalue weighted by Gasteiger charge is -2.11. The lowest BCUT2D eigenvalue weighted by atomic mass is 9.99. The summed E-state index contributed by atoms with van der Waals surface area (Å²) in [7, 11) is 0. The van der Waals surface area contributed by atoms with Crippen molar-refractivity contribution in [3.63, 3.8) is 0 Å². The third-order valence-electron chi connectivity index (χ3n) is 3.28. The van der Waals surface area contributed by atoms with Crippen LogP contribution in [0.1, 0.15) is 35.9 Å². The van der Waals surface area contributed by atoms with Gasteiger partial charge >= 0.3 is 0 Å². The number of amides is 2. The molecule has 2 rings (SSSR count). The standard InChI is InChI=1S/C18H18N2O4/c1-11(21)19-15-7-3-13(4-8-15)17(23)18(24)14-5-9-16(10-6-14)20-12(2)22/h3-10,17,23H,1-2H3,(H,19,21)(H,20,22)/t17-/m1/s1. The number of ketones is 1. The number of anilines is 2. The van der Waals surface area contributed by atoms with Crippen molar-refractivity contribution in [2.75, 3.05) is 10.6 Å². The highest BCUT2D eigenvalue weighted by Gasteiger charge is 2.19. The topological polar surface area (TPSA) is 95.5 Å². The van der Waals surface area contributed by atoms with Gasteiger partial charge in [-0.2, -0.15) is 0 Å². The van der Waals surface area contributed by atoms with Crippen LogP contribution in [0, 0.1) is 0 Å². The van der Waals surface area contributed by atoms with Gasteiger partial charge < -0.3 is 15.7 Å². The zero-order valence-corrected chi connectivity index (χ0v) is 13.4. The lowest BCUT2D eigenvalue weighted by Crippen LogP contribution is -2.13. The monoisotopic (exact) mass is 326 g/mol. The molecule has 6 heteroatoms. The Labute approximate surface area is 139 Å². The molecule has 0 aromatic heterocycles. The lowest BCUT2D eigenvalue weighted by molar-refractivity contribution is -0.115. The van der Waals surface area contributed by atoms with Gasteiger partial charge in [0.15, 0.2) is 5.78 Å². The van der Waals surface area contributed by atoms with Crippen LogP contribution in [-0.4, -0.2) is 22.7 Å². The summed E-state index contributed by atoms with van der Waals surface area (Å²) in [4.78, 5) is 34.3. The van der Waals surface area contributed by atoms with Crippen LogP contribution in [-0.2, 0) is 9.59 Å². The molecule has 2 aromatic carbocycles. The Morgan fingerprint density at radius 1 is 0.792 bits per heavy atom. The highest BCUT2D eigenvalue weighted by Crippen LogP contribution is 2.21. The Morgan fingerprint density at radius 3 is 1.62 bits per heavy atom. The van der Waals surface area contributed by atoms with Gasteiger partial charge in [-0.05, 0) is 42.0 Å². The molecule has 124 valence electrons. The van der Waals surface area contributed by atoms with E-state index in [0.29, 0.717) is 22.5 Å². The molecule has 6 nitrogen and oxygen atoms in total. The molecule has 0 aliphatic heterocycles. The Morgan fingerprint density at radius 2 is 1.21 bits per heavy atom. The number of aliphatic hydroxyl groups is 1. The molecule has 0 bridgehead atoms. The molecular weight excluding hydrogens is 308 g/mol. The van der Waals surface area contributed by atoms with Crippen LogP contribution < -0.4 is 10.6 Å². The molecule has 0 saturated heterocycles. The summed E-state index contributed by atoms with van der Waals surface area (Å²) in [5.74, 6) is -0.844. The fraction of sp³-hybridized carbons (Fsp3) is 0.167. The average Bonchev–Trinajstić information content (AvgIpc) is 2.54. The van der Waals surface area contributed by atoms with Crippen molar-refractivity contribution in [3.05, 3.63) is 59.7 Å². The molecule has 0 aliphatic carbocycles. The Kier molecular flexibility index (Phi) is 5.44. The predicted molar refractivity (Wildman–Crippen MR) is 90.8 cm³/mol. The molecule has 2 aromatic rings. The minimum absolute atomic E-state index is 0.196. The van der Waals surface area contributed by atoms with Crippen LogP contribution in [0.2, 0.25) is 0 Å². The van der Waals surface area contributed by atoms with Crippen LogP contribution in [0.15, 0.2) is 48.5 Å². The summed E-state index contributed by atoms with van der Waals surface area (Å²) in [6, 6.07) is 12.7. The third-order valence-corrected chi connectivity index (χ3v) is 3.28. The number of carbonyl (C=O) groups is 3. The molecule has 3 N–H and O–H groups in total. The van der Waals surface area contributed by atoms with Crippen molar-refractivity contribution in [2.45, 2.75) is 20.0 Å². The number of nitrogens with one attached hydrogen (secondary N) is 2. The molecule has 0 fully saturated rings. The molecule has 24 heavy (non-hydrogen) atoms. The highest BCUT2D eigenvalue weighted by molar-refractivity contribution is 6.00. The predicted octanol–water partition coefficient (Wildman–Crippen LogP) is 2.52. The van der Waals surface area contributed by atoms with E-state index in [0.717, 1.165) is 0 Å². The molecule has 0 unspecified atom stereocenters. The fourth-order valence-electron chi connectivity index (χ4n) is 2.18. The van der Waals surface area contributed by atoms with Gasteiger partial charge in [-0.15, -0.1) is 0 Å². The fourth-order valence-corrected chi connectivity index (χ4v) is 2.18. The second kappa shape index (κ2) is 7.52. The maximum absolute atomic E-state index is 12.3. The maximum Gasteiger partial charge on any atom is 0.221 e. The Bertz CT molecular complexity index is 752. The van der Waals surface area contributed by atoms with E-state index < -0.39 is 11.9 Å². The summed E-state index contributed by atoms with van der Waals surface area (Å²) in [5, 5.41) is 15.4. The summed E-state index contributed by atoms with van der Waals surface area (Å²) in [6.45, 7) is 2.80. The van der Waals surface area contributed by atoms with E-state index in [9.17, 15) is 19.5 Å². The first-order valence-corrected chi connectivity index (χ1v) is 7.34. The van der Waals surface area contributed by atoms with Gasteiger partial charge in [-0.3, -0.25) is 14.4 Å². The van der Waals surface area contributed by atoms with E-state index in [1.54, 1.807) is 48.5 Å². The highest BCUT2D eigenvalue weighted by atomic mass is 16.3. The molecular formula is C18H18N2O4. The third kappa shape index (κ3) is 4.50. The number of aliphatic hydroxyl groups excluding tert-OH is 1. The molecule has 2 amide bonds. The van der Waals surface area contributed by atoms with Gasteiger partial charge in [0.2, 0.25) is 11.8 Å². The zero-order valence-electron chi connectivity index (χ0n) is 13.4. The number of hydrogen-bond acceptors (Lipinski definition) is 4. The smallest absolute Gasteiger partial charge is 0.221 e. The van der Waals surface area contributed by atoms with E-state index in [-0.39, 0.29) is 11.8 Å². The van der Waals surface area contributed by atoms with E-state index in [2.05, 4.69) is 10.6 Å². The van der Waals surface area contributed by atoms with Crippen LogP contribution in [0.25, 0.3) is 0 Å². The first-order valence-electron chi connectivity index (χ1n) is 7.34. The van der Waals surface area contributed by atoms with Crippen LogP contribution in [0.3, 0.4) is 0 Å². The van der Waals surface area contributed by atoms with Crippen molar-refractivity contribution in [1.29, 1.82) is 0 Å². The first kappa shape index (κ1) is 17.4. The number of rotatable bonds is 5. The summed E-state index contributed by atoms with van der Waals surface area (Å²) in [5.41, 5.74) is 1.93. The van der Waals surface area contributed by atoms with Crippen molar-refractivity contribution in [2.24, 2.45) is 0 Å². The van der Waals surface area contributed by atoms with E-state index in [4.69, 9.17) is 0 Å². The molecule has 0 saturated carbocycles. The normalized spacial score (nSPS) is 11.5. The number of Topliss-reactive ketones (excluding diaryl/α,β-unsaturated/α-hetero) is 1. The van der Waals surface area contributed by atoms with Crippen LogP contribution in [0.5, 0.6) is 0 Å². The Hall–Kier alpha value is -2.99. The molecule has 1 atom stereocenters. The van der Waals surface area contributed by atoms with Crippen molar-refractivity contribution in [3.8, 4) is 0 Å². The number of hydrogen-bond donors (Lipinski definition) is 3. The molecule has 0 radical (unpaired) electrons. The molecule has 0 spiro atoms. The van der Waals surface area contributed by atoms with Gasteiger partial charge in [0, 0.05) is 30.8 Å². The molecule has 0 aliphatic rings. The zero-order chi connectivity index (χ0) is 17.7. The SMILES string of the molecule is CC(=O)Nc1ccc(C(=O)[C@H](O)c2ccc(NC(C)=O)cc2)cc1. The summed E-state index contributed by atoms with van der Waals surface area (Å²) >= 11 is 0. The maximum atomic E-state index is 12.3. The van der Waals surface area contributed by atoms with E-state index in [1.165, 1.54) is 13.8 Å². The minimum atomic E-state index is -1.30. The summed E-state index contributed by atoms with van der Waals surface area (Å²) < 4.78 is 0. The number of benzene rings is 2.